The van der Waals surface area contributed by atoms with Crippen molar-refractivity contribution in [1.29, 1.82) is 0 Å². The lowest BCUT2D eigenvalue weighted by Crippen LogP contribution is -2.62. The highest BCUT2D eigenvalue weighted by Gasteiger charge is 2.39. The average Bonchev–Trinajstić information content (AvgIpc) is 3.16. The molecule has 0 unspecified atom stereocenters. The highest BCUT2D eigenvalue weighted by atomic mass is 16.6. The van der Waals surface area contributed by atoms with E-state index in [0.717, 1.165) is 10.9 Å². The Bertz CT molecular complexity index is 1290. The Morgan fingerprint density at radius 2 is 1.89 bits per heavy atom. The maximum atomic E-state index is 13.1. The molecule has 11 heteroatoms. The lowest BCUT2D eigenvalue weighted by Gasteiger charge is -2.47. The van der Waals surface area contributed by atoms with Crippen LogP contribution in [0.4, 0.5) is 16.4 Å². The van der Waals surface area contributed by atoms with Gasteiger partial charge in [-0.15, -0.1) is 10.2 Å². The van der Waals surface area contributed by atoms with Gasteiger partial charge in [-0.05, 0) is 59.7 Å². The summed E-state index contributed by atoms with van der Waals surface area (Å²) < 4.78 is 13.0. The van der Waals surface area contributed by atoms with Gasteiger partial charge >= 0.3 is 6.09 Å². The maximum Gasteiger partial charge on any atom is 0.410 e. The van der Waals surface area contributed by atoms with Gasteiger partial charge in [0.1, 0.15) is 11.4 Å². The molecule has 0 aliphatic carbocycles. The molecule has 4 rings (SSSR count). The molecule has 3 aromatic rings. The summed E-state index contributed by atoms with van der Waals surface area (Å²) in [6, 6.07) is 7.06. The van der Waals surface area contributed by atoms with Crippen LogP contribution < -0.4 is 15.0 Å². The Kier molecular flexibility index (Phi) is 6.98. The Balaban J connectivity index is 1.45. The van der Waals surface area contributed by atoms with Crippen LogP contribution in [-0.4, -0.2) is 74.3 Å². The van der Waals surface area contributed by atoms with E-state index in [-0.39, 0.29) is 12.0 Å². The van der Waals surface area contributed by atoms with Gasteiger partial charge in [0.05, 0.1) is 23.2 Å². The molecule has 0 saturated carbocycles. The van der Waals surface area contributed by atoms with E-state index in [1.807, 2.05) is 60.9 Å². The minimum Gasteiger partial charge on any atom is -0.493 e. The summed E-state index contributed by atoms with van der Waals surface area (Å²) >= 11 is 0. The minimum absolute atomic E-state index is 0.322. The third kappa shape index (κ3) is 5.92. The van der Waals surface area contributed by atoms with E-state index in [0.29, 0.717) is 49.2 Å². The van der Waals surface area contributed by atoms with E-state index in [1.54, 1.807) is 27.8 Å². The van der Waals surface area contributed by atoms with Crippen molar-refractivity contribution in [3.63, 3.8) is 0 Å². The number of benzene rings is 1. The monoisotopic (exact) mass is 509 g/mol. The summed E-state index contributed by atoms with van der Waals surface area (Å²) in [5.74, 6) is 1.11. The number of nitrogens with one attached hydrogen (secondary N) is 1. The Morgan fingerprint density at radius 1 is 1.14 bits per heavy atom. The summed E-state index contributed by atoms with van der Waals surface area (Å²) in [6.07, 6.45) is 1.53. The lowest BCUT2D eigenvalue weighted by atomic mass is 9.99. The largest absolute Gasteiger partial charge is 0.493 e. The molecule has 1 aliphatic rings. The van der Waals surface area contributed by atoms with E-state index in [4.69, 9.17) is 9.47 Å². The smallest absolute Gasteiger partial charge is 0.410 e. The van der Waals surface area contributed by atoms with Crippen molar-refractivity contribution in [2.24, 2.45) is 7.05 Å². The molecule has 1 aliphatic heterocycles. The Morgan fingerprint density at radius 3 is 2.51 bits per heavy atom. The molecule has 3 heterocycles. The molecule has 1 fully saturated rings. The van der Waals surface area contributed by atoms with Gasteiger partial charge in [-0.3, -0.25) is 14.4 Å². The number of nitrogens with zero attached hydrogens (tertiary/aromatic N) is 6. The molecule has 0 bridgehead atoms. The van der Waals surface area contributed by atoms with E-state index in [9.17, 15) is 9.59 Å². The normalized spacial score (nSPS) is 15.5. The van der Waals surface area contributed by atoms with Crippen molar-refractivity contribution in [2.45, 2.75) is 52.7 Å². The third-order valence-corrected chi connectivity index (χ3v) is 6.00. The zero-order chi connectivity index (χ0) is 27.0. The quantitative estimate of drug-likeness (QED) is 0.552. The van der Waals surface area contributed by atoms with Gasteiger partial charge < -0.3 is 19.7 Å². The van der Waals surface area contributed by atoms with E-state index in [2.05, 4.69) is 25.5 Å². The van der Waals surface area contributed by atoms with Crippen LogP contribution in [0.1, 0.15) is 51.9 Å². The first kappa shape index (κ1) is 26.2. The fourth-order valence-corrected chi connectivity index (χ4v) is 4.38. The molecule has 0 radical (unpaired) electrons. The standard InChI is InChI=1S/C26H35N7O4/c1-8-36-20-14-19-17(15-31(7)30-19)13-18(20)23(34)27-21-9-10-22(29-28-21)32-11-12-33(26(5,6)16-32)24(35)37-25(2,3)4/h9-10,13-15H,8,11-12,16H2,1-7H3,(H,27,28,34). The van der Waals surface area contributed by atoms with Gasteiger partial charge in [0.15, 0.2) is 11.6 Å². The highest BCUT2D eigenvalue weighted by Crippen LogP contribution is 2.28. The van der Waals surface area contributed by atoms with Crippen molar-refractivity contribution in [1.82, 2.24) is 24.9 Å². The molecule has 2 amide bonds. The Hall–Kier alpha value is -3.89. The molecule has 2 aromatic heterocycles. The number of piperazine rings is 1. The lowest BCUT2D eigenvalue weighted by molar-refractivity contribution is 0.000293. The summed E-state index contributed by atoms with van der Waals surface area (Å²) in [5, 5.41) is 16.6. The third-order valence-electron chi connectivity index (χ3n) is 6.00. The number of amides is 2. The van der Waals surface area contributed by atoms with Crippen LogP contribution >= 0.6 is 0 Å². The second kappa shape index (κ2) is 9.87. The number of carbonyl (C=O) groups excluding carboxylic acids is 2. The van der Waals surface area contributed by atoms with Crippen molar-refractivity contribution >= 4 is 34.5 Å². The van der Waals surface area contributed by atoms with Crippen LogP contribution in [-0.2, 0) is 11.8 Å². The summed E-state index contributed by atoms with van der Waals surface area (Å²) in [5.41, 5.74) is 0.133. The number of rotatable bonds is 5. The van der Waals surface area contributed by atoms with Crippen LogP contribution in [0.2, 0.25) is 0 Å². The minimum atomic E-state index is -0.552. The second-order valence-electron chi connectivity index (χ2n) is 10.7. The van der Waals surface area contributed by atoms with Crippen LogP contribution in [0, 0.1) is 0 Å². The van der Waals surface area contributed by atoms with Gasteiger partial charge in [0.25, 0.3) is 5.91 Å². The first-order valence-corrected chi connectivity index (χ1v) is 12.4. The number of fused-ring (bicyclic) bond motifs is 1. The van der Waals surface area contributed by atoms with Gasteiger partial charge in [-0.1, -0.05) is 0 Å². The molecule has 1 N–H and O–H groups in total. The van der Waals surface area contributed by atoms with Gasteiger partial charge in [-0.2, -0.15) is 5.10 Å². The van der Waals surface area contributed by atoms with E-state index in [1.165, 1.54) is 0 Å². The van der Waals surface area contributed by atoms with Crippen LogP contribution in [0.25, 0.3) is 10.9 Å². The SMILES string of the molecule is CCOc1cc2nn(C)cc2cc1C(=O)Nc1ccc(N2CCN(C(=O)OC(C)(C)C)C(C)(C)C2)nn1. The van der Waals surface area contributed by atoms with Crippen LogP contribution in [0.5, 0.6) is 5.75 Å². The molecular weight excluding hydrogens is 474 g/mol. The number of aryl methyl sites for hydroxylation is 1. The number of aromatic nitrogens is 4. The van der Waals surface area contributed by atoms with Crippen molar-refractivity contribution < 1.29 is 19.1 Å². The fraction of sp³-hybridized carbons (Fsp3) is 0.500. The first-order chi connectivity index (χ1) is 17.4. The molecule has 1 saturated heterocycles. The average molecular weight is 510 g/mol. The first-order valence-electron chi connectivity index (χ1n) is 12.4. The van der Waals surface area contributed by atoms with Crippen molar-refractivity contribution in [3.05, 3.63) is 36.0 Å². The zero-order valence-electron chi connectivity index (χ0n) is 22.5. The number of ether oxygens (including phenoxy) is 2. The topological polar surface area (TPSA) is 115 Å². The van der Waals surface area contributed by atoms with E-state index < -0.39 is 11.1 Å². The maximum absolute atomic E-state index is 13.1. The van der Waals surface area contributed by atoms with Gasteiger partial charge in [0, 0.05) is 44.3 Å². The van der Waals surface area contributed by atoms with Crippen LogP contribution in [0.3, 0.4) is 0 Å². The fourth-order valence-electron chi connectivity index (χ4n) is 4.38. The summed E-state index contributed by atoms with van der Waals surface area (Å²) in [4.78, 5) is 29.6. The van der Waals surface area contributed by atoms with E-state index >= 15 is 0 Å². The second-order valence-corrected chi connectivity index (χ2v) is 10.7. The number of carbonyl (C=O) groups is 2. The molecule has 1 aromatic carbocycles. The predicted octanol–water partition coefficient (Wildman–Crippen LogP) is 3.85. The molecule has 11 nitrogen and oxygen atoms in total. The summed E-state index contributed by atoms with van der Waals surface area (Å²) in [7, 11) is 1.83. The van der Waals surface area contributed by atoms with Crippen molar-refractivity contribution in [3.8, 4) is 5.75 Å². The Labute approximate surface area is 216 Å². The zero-order valence-corrected chi connectivity index (χ0v) is 22.5. The number of anilines is 2. The van der Waals surface area contributed by atoms with Gasteiger partial charge in [0.2, 0.25) is 0 Å². The molecule has 37 heavy (non-hydrogen) atoms. The molecule has 0 spiro atoms. The van der Waals surface area contributed by atoms with Crippen molar-refractivity contribution in [2.75, 3.05) is 36.5 Å². The van der Waals surface area contributed by atoms with Crippen LogP contribution in [0.15, 0.2) is 30.5 Å². The number of hydrogen-bond acceptors (Lipinski definition) is 8. The molecule has 0 atom stereocenters. The predicted molar refractivity (Wildman–Crippen MR) is 141 cm³/mol. The molecular formula is C26H35N7O4. The molecule has 198 valence electrons. The summed E-state index contributed by atoms with van der Waals surface area (Å²) in [6.45, 7) is 13.5. The highest BCUT2D eigenvalue weighted by molar-refractivity contribution is 6.08. The van der Waals surface area contributed by atoms with Gasteiger partial charge in [-0.25, -0.2) is 4.79 Å². The number of hydrogen-bond donors (Lipinski definition) is 1.